The van der Waals surface area contributed by atoms with E-state index in [1.165, 1.54) is 33.2 Å². The van der Waals surface area contributed by atoms with Gasteiger partial charge in [-0.3, -0.25) is 0 Å². The van der Waals surface area contributed by atoms with Crippen molar-refractivity contribution in [3.8, 4) is 0 Å². The molecule has 0 radical (unpaired) electrons. The van der Waals surface area contributed by atoms with Crippen molar-refractivity contribution in [1.29, 1.82) is 0 Å². The van der Waals surface area contributed by atoms with Crippen molar-refractivity contribution in [2.24, 2.45) is 0 Å². The van der Waals surface area contributed by atoms with Crippen molar-refractivity contribution in [1.82, 2.24) is 0 Å². The molecule has 0 N–H and O–H groups in total. The van der Waals surface area contributed by atoms with Crippen LogP contribution in [-0.2, 0) is 0 Å². The first-order valence-corrected chi connectivity index (χ1v) is 7.85. The van der Waals surface area contributed by atoms with Crippen LogP contribution >= 0.6 is 0 Å². The van der Waals surface area contributed by atoms with E-state index in [0.29, 0.717) is 6.71 Å². The van der Waals surface area contributed by atoms with Gasteiger partial charge >= 0.3 is 0 Å². The molecule has 0 spiro atoms. The summed E-state index contributed by atoms with van der Waals surface area (Å²) in [4.78, 5) is 0. The van der Waals surface area contributed by atoms with Gasteiger partial charge in [0.25, 0.3) is 0 Å². The van der Waals surface area contributed by atoms with E-state index in [1.54, 1.807) is 0 Å². The van der Waals surface area contributed by atoms with Gasteiger partial charge in [0.2, 0.25) is 6.71 Å². The third-order valence-corrected chi connectivity index (χ3v) is 4.53. The maximum atomic E-state index is 2.36. The van der Waals surface area contributed by atoms with E-state index in [9.17, 15) is 0 Å². The normalized spacial score (nSPS) is 11.6. The molecule has 0 amide bonds. The van der Waals surface area contributed by atoms with Crippen LogP contribution in [0.4, 0.5) is 0 Å². The van der Waals surface area contributed by atoms with Crippen LogP contribution in [0.3, 0.4) is 0 Å². The predicted octanol–water partition coefficient (Wildman–Crippen LogP) is 4.33. The molecule has 0 aliphatic rings. The molecule has 2 rings (SSSR count). The van der Waals surface area contributed by atoms with Gasteiger partial charge in [0.05, 0.1) is 0 Å². The molecule has 0 nitrogen and oxygen atoms in total. The minimum absolute atomic E-state index is 0.188. The van der Waals surface area contributed by atoms with Crippen LogP contribution in [0.15, 0.2) is 36.4 Å². The first-order valence-electron chi connectivity index (χ1n) is 7.85. The fourth-order valence-corrected chi connectivity index (χ4v) is 3.58. The second-order valence-electron chi connectivity index (χ2n) is 7.41. The van der Waals surface area contributed by atoms with Gasteiger partial charge in [0.1, 0.15) is 0 Å². The molecule has 0 unspecified atom stereocenters. The SMILES string of the molecule is Cc1cccc(C)c1B(c1c(C)cccc1C)C(C)(C)C. The summed E-state index contributed by atoms with van der Waals surface area (Å²) in [5.74, 6) is 0. The Kier molecular flexibility index (Phi) is 4.32. The standard InChI is InChI=1S/C20H27B/c1-14-10-8-11-15(2)18(14)21(20(5,6)7)19-16(3)12-9-13-17(19)4/h8-13H,1-7H3. The third kappa shape index (κ3) is 3.07. The largest absolute Gasteiger partial charge is 0.216 e. The molecule has 0 saturated carbocycles. The number of hydrogen-bond donors (Lipinski definition) is 0. The van der Waals surface area contributed by atoms with Gasteiger partial charge in [0.15, 0.2) is 0 Å². The van der Waals surface area contributed by atoms with E-state index < -0.39 is 0 Å². The molecule has 0 aliphatic heterocycles. The van der Waals surface area contributed by atoms with E-state index in [1.807, 2.05) is 0 Å². The Bertz CT molecular complexity index is 555. The first-order chi connectivity index (χ1) is 9.73. The van der Waals surface area contributed by atoms with Crippen molar-refractivity contribution >= 4 is 17.6 Å². The summed E-state index contributed by atoms with van der Waals surface area (Å²) in [6.07, 6.45) is 0. The van der Waals surface area contributed by atoms with Gasteiger partial charge in [0, 0.05) is 0 Å². The lowest BCUT2D eigenvalue weighted by Crippen LogP contribution is -2.53. The Hall–Kier alpha value is -1.50. The van der Waals surface area contributed by atoms with Crippen molar-refractivity contribution in [3.63, 3.8) is 0 Å². The molecule has 2 aromatic carbocycles. The highest BCUT2D eigenvalue weighted by Gasteiger charge is 2.35. The number of aryl methyl sites for hydroxylation is 4. The molecule has 0 atom stereocenters. The lowest BCUT2D eigenvalue weighted by molar-refractivity contribution is 0.749. The Morgan fingerprint density at radius 3 is 1.14 bits per heavy atom. The Morgan fingerprint density at radius 2 is 0.905 bits per heavy atom. The molecule has 0 heterocycles. The topological polar surface area (TPSA) is 0 Å². The average Bonchev–Trinajstić information content (AvgIpc) is 2.35. The van der Waals surface area contributed by atoms with Crippen molar-refractivity contribution in [3.05, 3.63) is 58.7 Å². The Labute approximate surface area is 130 Å². The molecular formula is C20H27B. The van der Waals surface area contributed by atoms with Crippen LogP contribution in [0.2, 0.25) is 5.31 Å². The molecule has 0 saturated heterocycles. The smallest absolute Gasteiger partial charge is 0.0679 e. The summed E-state index contributed by atoms with van der Waals surface area (Å²) in [5.41, 5.74) is 8.61. The Balaban J connectivity index is 2.78. The summed E-state index contributed by atoms with van der Waals surface area (Å²) in [7, 11) is 0. The van der Waals surface area contributed by atoms with E-state index >= 15 is 0 Å². The minimum Gasteiger partial charge on any atom is -0.0679 e. The first kappa shape index (κ1) is 15.9. The summed E-state index contributed by atoms with van der Waals surface area (Å²) >= 11 is 0. The third-order valence-electron chi connectivity index (χ3n) is 4.53. The van der Waals surface area contributed by atoms with Crippen LogP contribution in [0.25, 0.3) is 0 Å². The lowest BCUT2D eigenvalue weighted by atomic mass is 9.26. The fraction of sp³-hybridized carbons (Fsp3) is 0.400. The van der Waals surface area contributed by atoms with Crippen molar-refractivity contribution < 1.29 is 0 Å². The highest BCUT2D eigenvalue weighted by atomic mass is 14.2. The van der Waals surface area contributed by atoms with Gasteiger partial charge in [-0.15, -0.1) is 0 Å². The predicted molar refractivity (Wildman–Crippen MR) is 96.6 cm³/mol. The number of benzene rings is 2. The van der Waals surface area contributed by atoms with Crippen LogP contribution in [0, 0.1) is 27.7 Å². The molecule has 0 aliphatic carbocycles. The van der Waals surface area contributed by atoms with E-state index in [0.717, 1.165) is 0 Å². The van der Waals surface area contributed by atoms with Gasteiger partial charge in [-0.1, -0.05) is 95.7 Å². The van der Waals surface area contributed by atoms with Crippen molar-refractivity contribution in [2.45, 2.75) is 53.8 Å². The minimum atomic E-state index is 0.188. The lowest BCUT2D eigenvalue weighted by Gasteiger charge is -2.33. The Morgan fingerprint density at radius 1 is 0.619 bits per heavy atom. The average molecular weight is 278 g/mol. The van der Waals surface area contributed by atoms with Gasteiger partial charge in [-0.2, -0.15) is 0 Å². The molecule has 0 bridgehead atoms. The van der Waals surface area contributed by atoms with Gasteiger partial charge < -0.3 is 0 Å². The zero-order valence-electron chi connectivity index (χ0n) is 14.5. The highest BCUT2D eigenvalue weighted by Crippen LogP contribution is 2.29. The maximum absolute atomic E-state index is 2.36. The zero-order chi connectivity index (χ0) is 15.8. The number of rotatable bonds is 2. The molecule has 0 fully saturated rings. The van der Waals surface area contributed by atoms with Gasteiger partial charge in [-0.05, 0) is 27.7 Å². The molecule has 1 heteroatoms. The maximum Gasteiger partial charge on any atom is 0.216 e. The molecule has 0 aromatic heterocycles. The molecular weight excluding hydrogens is 251 g/mol. The van der Waals surface area contributed by atoms with Crippen LogP contribution in [0.1, 0.15) is 43.0 Å². The summed E-state index contributed by atoms with van der Waals surface area (Å²) < 4.78 is 0. The second-order valence-corrected chi connectivity index (χ2v) is 7.41. The second kappa shape index (κ2) is 5.71. The molecule has 2 aromatic rings. The van der Waals surface area contributed by atoms with Crippen molar-refractivity contribution in [2.75, 3.05) is 0 Å². The summed E-state index contributed by atoms with van der Waals surface area (Å²) in [5, 5.41) is 0.188. The van der Waals surface area contributed by atoms with Crippen LogP contribution in [-0.4, -0.2) is 6.71 Å². The number of hydrogen-bond acceptors (Lipinski definition) is 0. The van der Waals surface area contributed by atoms with E-state index in [-0.39, 0.29) is 5.31 Å². The van der Waals surface area contributed by atoms with E-state index in [4.69, 9.17) is 0 Å². The molecule has 21 heavy (non-hydrogen) atoms. The summed E-state index contributed by atoms with van der Waals surface area (Å²) in [6.45, 7) is 16.5. The van der Waals surface area contributed by atoms with Crippen LogP contribution in [0.5, 0.6) is 0 Å². The fourth-order valence-electron chi connectivity index (χ4n) is 3.58. The highest BCUT2D eigenvalue weighted by molar-refractivity contribution is 6.88. The van der Waals surface area contributed by atoms with E-state index in [2.05, 4.69) is 84.9 Å². The molecule has 110 valence electrons. The zero-order valence-corrected chi connectivity index (χ0v) is 14.5. The quantitative estimate of drug-likeness (QED) is 0.717. The monoisotopic (exact) mass is 278 g/mol. The van der Waals surface area contributed by atoms with Crippen LogP contribution < -0.4 is 10.9 Å². The summed E-state index contributed by atoms with van der Waals surface area (Å²) in [6, 6.07) is 13.3. The van der Waals surface area contributed by atoms with Gasteiger partial charge in [-0.25, -0.2) is 0 Å².